The molecule has 0 aromatic rings. The molecule has 1 fully saturated rings. The zero-order chi connectivity index (χ0) is 13.4. The van der Waals surface area contributed by atoms with Crippen LogP contribution in [0, 0.1) is 0 Å². The Morgan fingerprint density at radius 1 is 1.17 bits per heavy atom. The Morgan fingerprint density at radius 3 is 2.39 bits per heavy atom. The van der Waals surface area contributed by atoms with Gasteiger partial charge in [0.2, 0.25) is 5.91 Å². The van der Waals surface area contributed by atoms with Crippen LogP contribution in [0.5, 0.6) is 0 Å². The summed E-state index contributed by atoms with van der Waals surface area (Å²) in [7, 11) is -3.36. The maximum absolute atomic E-state index is 11.6. The molecule has 1 saturated carbocycles. The van der Waals surface area contributed by atoms with Crippen LogP contribution in [0.2, 0.25) is 0 Å². The van der Waals surface area contributed by atoms with Gasteiger partial charge in [-0.1, -0.05) is 12.8 Å². The van der Waals surface area contributed by atoms with Crippen LogP contribution in [0.1, 0.15) is 45.4 Å². The predicted molar refractivity (Wildman–Crippen MR) is 70.2 cm³/mol. The highest BCUT2D eigenvalue weighted by Gasteiger charge is 2.20. The Hall–Kier alpha value is -0.660. The highest BCUT2D eigenvalue weighted by atomic mass is 32.2. The van der Waals surface area contributed by atoms with Crippen LogP contribution in [0.3, 0.4) is 0 Å². The third-order valence-electron chi connectivity index (χ3n) is 2.95. The van der Waals surface area contributed by atoms with E-state index in [1.165, 1.54) is 6.92 Å². The summed E-state index contributed by atoms with van der Waals surface area (Å²) in [6, 6.07) is 0.0990. The summed E-state index contributed by atoms with van der Waals surface area (Å²) in [5, 5.41) is 2.67. The summed E-state index contributed by atoms with van der Waals surface area (Å²) in [6.07, 6.45) is 5.55. The lowest BCUT2D eigenvalue weighted by Gasteiger charge is -2.13. The number of nitrogens with one attached hydrogen (secondary N) is 3. The van der Waals surface area contributed by atoms with E-state index in [1.54, 1.807) is 0 Å². The first-order valence-corrected chi connectivity index (χ1v) is 7.99. The van der Waals surface area contributed by atoms with Crippen molar-refractivity contribution in [3.63, 3.8) is 0 Å². The number of amides is 1. The fraction of sp³-hybridized carbons (Fsp3) is 0.909. The molecule has 106 valence electrons. The van der Waals surface area contributed by atoms with Crippen molar-refractivity contribution in [1.82, 2.24) is 14.8 Å². The van der Waals surface area contributed by atoms with Gasteiger partial charge in [-0.15, -0.1) is 0 Å². The lowest BCUT2D eigenvalue weighted by molar-refractivity contribution is -0.118. The van der Waals surface area contributed by atoms with Crippen LogP contribution in [0.15, 0.2) is 0 Å². The van der Waals surface area contributed by atoms with E-state index in [0.29, 0.717) is 19.5 Å². The van der Waals surface area contributed by atoms with E-state index in [2.05, 4.69) is 14.8 Å². The van der Waals surface area contributed by atoms with Crippen molar-refractivity contribution in [3.05, 3.63) is 0 Å². The molecular weight excluding hydrogens is 254 g/mol. The molecule has 0 heterocycles. The Morgan fingerprint density at radius 2 is 1.78 bits per heavy atom. The van der Waals surface area contributed by atoms with Crippen LogP contribution in [-0.2, 0) is 15.0 Å². The standard InChI is InChI=1S/C11H23N3O3S/c1-10(15)12-8-4-5-9-13-18(16,17)14-11-6-2-3-7-11/h11,13-14H,2-9H2,1H3,(H,12,15). The molecule has 0 aromatic heterocycles. The number of rotatable bonds is 8. The van der Waals surface area contributed by atoms with Crippen molar-refractivity contribution in [2.24, 2.45) is 0 Å². The first kappa shape index (κ1) is 15.4. The zero-order valence-electron chi connectivity index (χ0n) is 10.9. The maximum atomic E-state index is 11.6. The fourth-order valence-corrected chi connectivity index (χ4v) is 3.20. The lowest BCUT2D eigenvalue weighted by atomic mass is 10.3. The summed E-state index contributed by atoms with van der Waals surface area (Å²) in [6.45, 7) is 2.46. The largest absolute Gasteiger partial charge is 0.356 e. The van der Waals surface area contributed by atoms with Crippen LogP contribution in [0.4, 0.5) is 0 Å². The zero-order valence-corrected chi connectivity index (χ0v) is 11.7. The first-order valence-electron chi connectivity index (χ1n) is 6.51. The van der Waals surface area contributed by atoms with Gasteiger partial charge in [-0.3, -0.25) is 4.79 Å². The Bertz CT molecular complexity index is 351. The number of carbonyl (C=O) groups excluding carboxylic acids is 1. The second-order valence-electron chi connectivity index (χ2n) is 4.69. The van der Waals surface area contributed by atoms with Crippen LogP contribution >= 0.6 is 0 Å². The van der Waals surface area contributed by atoms with E-state index in [9.17, 15) is 13.2 Å². The first-order chi connectivity index (χ1) is 8.49. The monoisotopic (exact) mass is 277 g/mol. The van der Waals surface area contributed by atoms with Crippen molar-refractivity contribution in [2.75, 3.05) is 13.1 Å². The molecule has 7 heteroatoms. The molecular formula is C11H23N3O3S. The molecule has 0 spiro atoms. The molecule has 1 amide bonds. The minimum absolute atomic E-state index is 0.0570. The fourth-order valence-electron chi connectivity index (χ4n) is 2.03. The average molecular weight is 277 g/mol. The number of hydrogen-bond donors (Lipinski definition) is 3. The van der Waals surface area contributed by atoms with Gasteiger partial charge in [0.15, 0.2) is 0 Å². The minimum atomic E-state index is -3.36. The quantitative estimate of drug-likeness (QED) is 0.557. The molecule has 18 heavy (non-hydrogen) atoms. The van der Waals surface area contributed by atoms with Gasteiger partial charge >= 0.3 is 0 Å². The summed E-state index contributed by atoms with van der Waals surface area (Å²) in [4.78, 5) is 10.6. The van der Waals surface area contributed by atoms with E-state index in [-0.39, 0.29) is 11.9 Å². The van der Waals surface area contributed by atoms with Crippen molar-refractivity contribution < 1.29 is 13.2 Å². The molecule has 0 saturated heterocycles. The highest BCUT2D eigenvalue weighted by molar-refractivity contribution is 7.87. The molecule has 0 aliphatic heterocycles. The van der Waals surface area contributed by atoms with Crippen molar-refractivity contribution in [3.8, 4) is 0 Å². The molecule has 0 unspecified atom stereocenters. The van der Waals surface area contributed by atoms with Gasteiger partial charge in [-0.2, -0.15) is 13.1 Å². The number of carbonyl (C=O) groups is 1. The van der Waals surface area contributed by atoms with Crippen LogP contribution in [-0.4, -0.2) is 33.5 Å². The van der Waals surface area contributed by atoms with Crippen LogP contribution < -0.4 is 14.8 Å². The number of unbranched alkanes of at least 4 members (excludes halogenated alkanes) is 1. The molecule has 1 rings (SSSR count). The van der Waals surface area contributed by atoms with Gasteiger partial charge < -0.3 is 5.32 Å². The summed E-state index contributed by atoms with van der Waals surface area (Å²) in [5.74, 6) is -0.0570. The Kier molecular flexibility index (Phi) is 6.59. The van der Waals surface area contributed by atoms with E-state index >= 15 is 0 Å². The van der Waals surface area contributed by atoms with Gasteiger partial charge in [-0.05, 0) is 25.7 Å². The van der Waals surface area contributed by atoms with Crippen molar-refractivity contribution in [1.29, 1.82) is 0 Å². The van der Waals surface area contributed by atoms with Crippen molar-refractivity contribution >= 4 is 16.1 Å². The van der Waals surface area contributed by atoms with Gasteiger partial charge in [0.1, 0.15) is 0 Å². The Labute approximate surface area is 109 Å². The minimum Gasteiger partial charge on any atom is -0.356 e. The highest BCUT2D eigenvalue weighted by Crippen LogP contribution is 2.17. The van der Waals surface area contributed by atoms with E-state index < -0.39 is 10.2 Å². The summed E-state index contributed by atoms with van der Waals surface area (Å²) < 4.78 is 28.4. The van der Waals surface area contributed by atoms with Gasteiger partial charge in [0, 0.05) is 26.1 Å². The molecule has 0 bridgehead atoms. The predicted octanol–water partition coefficient (Wildman–Crippen LogP) is 0.269. The van der Waals surface area contributed by atoms with Crippen molar-refractivity contribution in [2.45, 2.75) is 51.5 Å². The van der Waals surface area contributed by atoms with E-state index in [1.807, 2.05) is 0 Å². The SMILES string of the molecule is CC(=O)NCCCCNS(=O)(=O)NC1CCCC1. The third kappa shape index (κ3) is 6.93. The second kappa shape index (κ2) is 7.70. The molecule has 1 aliphatic carbocycles. The van der Waals surface area contributed by atoms with Gasteiger partial charge in [0.25, 0.3) is 10.2 Å². The van der Waals surface area contributed by atoms with Crippen LogP contribution in [0.25, 0.3) is 0 Å². The molecule has 0 aromatic carbocycles. The summed E-state index contributed by atoms with van der Waals surface area (Å²) >= 11 is 0. The van der Waals surface area contributed by atoms with Gasteiger partial charge in [-0.25, -0.2) is 4.72 Å². The smallest absolute Gasteiger partial charge is 0.277 e. The Balaban J connectivity index is 2.07. The molecule has 0 radical (unpaired) electrons. The molecule has 3 N–H and O–H groups in total. The average Bonchev–Trinajstić information content (AvgIpc) is 2.74. The second-order valence-corrected chi connectivity index (χ2v) is 6.22. The lowest BCUT2D eigenvalue weighted by Crippen LogP contribution is -2.42. The third-order valence-corrected chi connectivity index (χ3v) is 4.17. The van der Waals surface area contributed by atoms with Gasteiger partial charge in [0.05, 0.1) is 0 Å². The van der Waals surface area contributed by atoms with E-state index in [4.69, 9.17) is 0 Å². The molecule has 6 nitrogen and oxygen atoms in total. The normalized spacial score (nSPS) is 16.9. The number of hydrogen-bond acceptors (Lipinski definition) is 3. The van der Waals surface area contributed by atoms with E-state index in [0.717, 1.165) is 32.1 Å². The topological polar surface area (TPSA) is 87.3 Å². The molecule has 0 atom stereocenters. The summed E-state index contributed by atoms with van der Waals surface area (Å²) in [5.41, 5.74) is 0. The maximum Gasteiger partial charge on any atom is 0.277 e. The molecule has 1 aliphatic rings.